The molecule has 1 heterocycles. The molecular weight excluding hydrogens is 266 g/mol. The minimum atomic E-state index is -0.363. The van der Waals surface area contributed by atoms with E-state index in [2.05, 4.69) is 15.8 Å². The number of amides is 2. The van der Waals surface area contributed by atoms with Crippen molar-refractivity contribution in [3.8, 4) is 5.75 Å². The lowest BCUT2D eigenvalue weighted by molar-refractivity contribution is 0.252. The van der Waals surface area contributed by atoms with Crippen LogP contribution in [-0.2, 0) is 0 Å². The predicted molar refractivity (Wildman–Crippen MR) is 81.7 cm³/mol. The van der Waals surface area contributed by atoms with Gasteiger partial charge < -0.3 is 10.1 Å². The summed E-state index contributed by atoms with van der Waals surface area (Å²) < 4.78 is 5.55. The monoisotopic (exact) mass is 281 g/mol. The minimum absolute atomic E-state index is 0.363. The molecule has 2 aromatic rings. The number of hydrogen-bond acceptors (Lipinski definition) is 3. The lowest BCUT2D eigenvalue weighted by Crippen LogP contribution is -2.27. The molecule has 21 heavy (non-hydrogen) atoms. The Morgan fingerprint density at radius 3 is 2.67 bits per heavy atom. The maximum Gasteiger partial charge on any atom is 0.339 e. The number of rotatable bonds is 2. The molecular formula is C16H15N3O2. The maximum absolute atomic E-state index is 11.8. The fourth-order valence-corrected chi connectivity index (χ4v) is 2.14. The van der Waals surface area contributed by atoms with Gasteiger partial charge >= 0.3 is 6.03 Å². The summed E-state index contributed by atoms with van der Waals surface area (Å²) in [5, 5.41) is 6.91. The predicted octanol–water partition coefficient (Wildman–Crippen LogP) is 2.99. The standard InChI is InChI=1S/C16H15N3O2/c20-16(17-12-6-2-1-3-7-12)19-18-14-10-11-21-15-9-5-4-8-13(14)15/h1-9H,10-11H2,(H2,17,19,20)/b18-14-. The van der Waals surface area contributed by atoms with Crippen LogP contribution in [0.5, 0.6) is 5.75 Å². The molecule has 0 aromatic heterocycles. The van der Waals surface area contributed by atoms with Gasteiger partial charge in [-0.25, -0.2) is 10.2 Å². The number of carbonyl (C=O) groups excluding carboxylic acids is 1. The van der Waals surface area contributed by atoms with Gasteiger partial charge in [-0.1, -0.05) is 30.3 Å². The number of urea groups is 1. The molecule has 2 aromatic carbocycles. The van der Waals surface area contributed by atoms with E-state index in [0.717, 1.165) is 22.7 Å². The first-order valence-electron chi connectivity index (χ1n) is 6.74. The maximum atomic E-state index is 11.8. The van der Waals surface area contributed by atoms with Crippen molar-refractivity contribution in [3.05, 3.63) is 60.2 Å². The topological polar surface area (TPSA) is 62.7 Å². The summed E-state index contributed by atoms with van der Waals surface area (Å²) in [5.41, 5.74) is 4.99. The Balaban J connectivity index is 1.68. The molecule has 2 N–H and O–H groups in total. The Bertz CT molecular complexity index is 668. The normalized spacial score (nSPS) is 15.0. The van der Waals surface area contributed by atoms with Crippen LogP contribution in [0.3, 0.4) is 0 Å². The fraction of sp³-hybridized carbons (Fsp3) is 0.125. The van der Waals surface area contributed by atoms with Crippen LogP contribution >= 0.6 is 0 Å². The third-order valence-corrected chi connectivity index (χ3v) is 3.12. The largest absolute Gasteiger partial charge is 0.492 e. The summed E-state index contributed by atoms with van der Waals surface area (Å²) in [6.45, 7) is 0.567. The molecule has 0 unspecified atom stereocenters. The van der Waals surface area contributed by atoms with Gasteiger partial charge in [0.15, 0.2) is 0 Å². The highest BCUT2D eigenvalue weighted by atomic mass is 16.5. The zero-order valence-corrected chi connectivity index (χ0v) is 11.4. The first-order valence-corrected chi connectivity index (χ1v) is 6.74. The van der Waals surface area contributed by atoms with Gasteiger partial charge in [0.05, 0.1) is 12.3 Å². The van der Waals surface area contributed by atoms with Gasteiger partial charge in [-0.05, 0) is 24.3 Å². The summed E-state index contributed by atoms with van der Waals surface area (Å²) in [4.78, 5) is 11.8. The zero-order valence-electron chi connectivity index (χ0n) is 11.4. The van der Waals surface area contributed by atoms with E-state index in [1.807, 2.05) is 54.6 Å². The number of hydrogen-bond donors (Lipinski definition) is 2. The quantitative estimate of drug-likeness (QED) is 0.831. The molecule has 0 spiro atoms. The number of hydrazone groups is 1. The summed E-state index contributed by atoms with van der Waals surface area (Å²) in [7, 11) is 0. The van der Waals surface area contributed by atoms with Gasteiger partial charge in [-0.3, -0.25) is 0 Å². The Labute approximate surface area is 122 Å². The number of fused-ring (bicyclic) bond motifs is 1. The van der Waals surface area contributed by atoms with Crippen LogP contribution in [0.25, 0.3) is 0 Å². The summed E-state index contributed by atoms with van der Waals surface area (Å²) in [6.07, 6.45) is 0.669. The van der Waals surface area contributed by atoms with Crippen molar-refractivity contribution in [2.75, 3.05) is 11.9 Å². The second-order valence-corrected chi connectivity index (χ2v) is 4.59. The number of benzene rings is 2. The van der Waals surface area contributed by atoms with Crippen LogP contribution < -0.4 is 15.5 Å². The molecule has 3 rings (SSSR count). The molecule has 0 aliphatic carbocycles. The molecule has 0 fully saturated rings. The van der Waals surface area contributed by atoms with Crippen molar-refractivity contribution in [2.45, 2.75) is 6.42 Å². The van der Waals surface area contributed by atoms with E-state index in [0.29, 0.717) is 13.0 Å². The highest BCUT2D eigenvalue weighted by Gasteiger charge is 2.16. The fourth-order valence-electron chi connectivity index (χ4n) is 2.14. The Morgan fingerprint density at radius 1 is 1.05 bits per heavy atom. The van der Waals surface area contributed by atoms with Crippen molar-refractivity contribution >= 4 is 17.4 Å². The molecule has 0 radical (unpaired) electrons. The lowest BCUT2D eigenvalue weighted by Gasteiger charge is -2.18. The van der Waals surface area contributed by atoms with E-state index in [1.165, 1.54) is 0 Å². The van der Waals surface area contributed by atoms with Gasteiger partial charge in [-0.15, -0.1) is 0 Å². The van der Waals surface area contributed by atoms with Crippen LogP contribution in [0.4, 0.5) is 10.5 Å². The molecule has 0 saturated heterocycles. The van der Waals surface area contributed by atoms with Gasteiger partial charge in [0.1, 0.15) is 5.75 Å². The van der Waals surface area contributed by atoms with Gasteiger partial charge in [0, 0.05) is 17.7 Å². The summed E-state index contributed by atoms with van der Waals surface area (Å²) >= 11 is 0. The van der Waals surface area contributed by atoms with Crippen molar-refractivity contribution in [3.63, 3.8) is 0 Å². The van der Waals surface area contributed by atoms with Gasteiger partial charge in [0.25, 0.3) is 0 Å². The molecule has 5 nitrogen and oxygen atoms in total. The second kappa shape index (κ2) is 6.09. The average Bonchev–Trinajstić information content (AvgIpc) is 2.54. The number of anilines is 1. The minimum Gasteiger partial charge on any atom is -0.492 e. The Morgan fingerprint density at radius 2 is 1.81 bits per heavy atom. The average molecular weight is 281 g/mol. The van der Waals surface area contributed by atoms with E-state index in [1.54, 1.807) is 0 Å². The molecule has 1 aliphatic rings. The van der Waals surface area contributed by atoms with E-state index >= 15 is 0 Å². The van der Waals surface area contributed by atoms with Crippen molar-refractivity contribution in [1.82, 2.24) is 5.43 Å². The number of ether oxygens (including phenoxy) is 1. The van der Waals surface area contributed by atoms with E-state index < -0.39 is 0 Å². The third kappa shape index (κ3) is 3.20. The highest BCUT2D eigenvalue weighted by Crippen LogP contribution is 2.24. The molecule has 0 saturated carbocycles. The number of nitrogens with one attached hydrogen (secondary N) is 2. The number of carbonyl (C=O) groups is 1. The van der Waals surface area contributed by atoms with Crippen LogP contribution in [0.2, 0.25) is 0 Å². The first kappa shape index (κ1) is 13.2. The first-order chi connectivity index (χ1) is 10.3. The molecule has 1 aliphatic heterocycles. The zero-order chi connectivity index (χ0) is 14.5. The number of para-hydroxylation sites is 2. The van der Waals surface area contributed by atoms with Crippen LogP contribution in [0.1, 0.15) is 12.0 Å². The van der Waals surface area contributed by atoms with Crippen LogP contribution in [0, 0.1) is 0 Å². The lowest BCUT2D eigenvalue weighted by atomic mass is 10.0. The number of nitrogens with zero attached hydrogens (tertiary/aromatic N) is 1. The molecule has 106 valence electrons. The van der Waals surface area contributed by atoms with Crippen LogP contribution in [-0.4, -0.2) is 18.3 Å². The van der Waals surface area contributed by atoms with Gasteiger partial charge in [0.2, 0.25) is 0 Å². The Hall–Kier alpha value is -2.82. The van der Waals surface area contributed by atoms with E-state index in [4.69, 9.17) is 4.74 Å². The van der Waals surface area contributed by atoms with Crippen LogP contribution in [0.15, 0.2) is 59.7 Å². The second-order valence-electron chi connectivity index (χ2n) is 4.59. The molecule has 0 atom stereocenters. The van der Waals surface area contributed by atoms with Crippen molar-refractivity contribution < 1.29 is 9.53 Å². The summed E-state index contributed by atoms with van der Waals surface area (Å²) in [5.74, 6) is 0.799. The van der Waals surface area contributed by atoms with Crippen molar-refractivity contribution in [1.29, 1.82) is 0 Å². The van der Waals surface area contributed by atoms with Gasteiger partial charge in [-0.2, -0.15) is 5.10 Å². The molecule has 2 amide bonds. The Kier molecular flexibility index (Phi) is 3.82. The third-order valence-electron chi connectivity index (χ3n) is 3.12. The van der Waals surface area contributed by atoms with Crippen molar-refractivity contribution in [2.24, 2.45) is 5.10 Å². The SMILES string of the molecule is O=C(N/N=C1/CCOc2ccccc21)Nc1ccccc1. The highest BCUT2D eigenvalue weighted by molar-refractivity contribution is 6.04. The summed E-state index contributed by atoms with van der Waals surface area (Å²) in [6, 6.07) is 16.5. The smallest absolute Gasteiger partial charge is 0.339 e. The molecule has 0 bridgehead atoms. The van der Waals surface area contributed by atoms with E-state index in [-0.39, 0.29) is 6.03 Å². The van der Waals surface area contributed by atoms with E-state index in [9.17, 15) is 4.79 Å². The molecule has 5 heteroatoms.